The second-order valence-electron chi connectivity index (χ2n) is 6.21. The average molecular weight is 438 g/mol. The van der Waals surface area contributed by atoms with Gasteiger partial charge in [-0.3, -0.25) is 4.79 Å². The van der Waals surface area contributed by atoms with E-state index in [9.17, 15) is 4.79 Å². The molecule has 0 bridgehead atoms. The average Bonchev–Trinajstić information content (AvgIpc) is 3.40. The maximum absolute atomic E-state index is 13.0. The van der Waals surface area contributed by atoms with Crippen molar-refractivity contribution in [3.8, 4) is 17.0 Å². The van der Waals surface area contributed by atoms with Crippen molar-refractivity contribution >= 4 is 21.8 Å². The number of aromatic nitrogens is 4. The first kappa shape index (κ1) is 18.1. The smallest absolute Gasteiger partial charge is 0.256 e. The molecule has 28 heavy (non-hydrogen) atoms. The van der Waals surface area contributed by atoms with Gasteiger partial charge in [0.2, 0.25) is 0 Å². The third-order valence-electron chi connectivity index (χ3n) is 4.26. The largest absolute Gasteiger partial charge is 0.459 e. The lowest BCUT2D eigenvalue weighted by Gasteiger charge is -2.17. The number of halogens is 1. The summed E-state index contributed by atoms with van der Waals surface area (Å²) in [7, 11) is 1.74. The van der Waals surface area contributed by atoms with Crippen molar-refractivity contribution in [1.29, 1.82) is 0 Å². The van der Waals surface area contributed by atoms with Gasteiger partial charge in [-0.1, -0.05) is 40.2 Å². The van der Waals surface area contributed by atoms with Gasteiger partial charge in [-0.05, 0) is 46.8 Å². The standard InChI is InChI=1S/C20H16BrN5O2/c1-25(12-16-10-11-19(28-16)14-6-8-15(21)9-7-14)20(27)17-4-2-3-5-18(17)26-13-22-23-24-26/h2-11,13H,12H2,1H3. The topological polar surface area (TPSA) is 77.0 Å². The molecule has 0 spiro atoms. The number of rotatable bonds is 5. The van der Waals surface area contributed by atoms with Gasteiger partial charge in [-0.2, -0.15) is 4.68 Å². The van der Waals surface area contributed by atoms with Crippen LogP contribution in [0.15, 0.2) is 75.9 Å². The first-order valence-corrected chi connectivity index (χ1v) is 9.33. The Hall–Kier alpha value is -3.26. The van der Waals surface area contributed by atoms with E-state index in [2.05, 4.69) is 31.5 Å². The molecule has 0 N–H and O–H groups in total. The van der Waals surface area contributed by atoms with E-state index in [0.29, 0.717) is 23.6 Å². The van der Waals surface area contributed by atoms with E-state index in [1.54, 1.807) is 24.1 Å². The molecule has 2 heterocycles. The minimum atomic E-state index is -0.146. The molecule has 0 aliphatic rings. The molecule has 2 aromatic carbocycles. The zero-order valence-electron chi connectivity index (χ0n) is 15.0. The Balaban J connectivity index is 1.53. The Morgan fingerprint density at radius 2 is 1.89 bits per heavy atom. The molecular formula is C20H16BrN5O2. The molecule has 0 aliphatic carbocycles. The summed E-state index contributed by atoms with van der Waals surface area (Å²) in [5, 5.41) is 11.2. The van der Waals surface area contributed by atoms with Crippen LogP contribution in [0.25, 0.3) is 17.0 Å². The second kappa shape index (κ2) is 7.77. The van der Waals surface area contributed by atoms with Gasteiger partial charge < -0.3 is 9.32 Å². The van der Waals surface area contributed by atoms with Gasteiger partial charge in [0.15, 0.2) is 0 Å². The number of carbonyl (C=O) groups excluding carboxylic acids is 1. The third kappa shape index (κ3) is 3.72. The van der Waals surface area contributed by atoms with Gasteiger partial charge in [-0.25, -0.2) is 0 Å². The zero-order valence-corrected chi connectivity index (χ0v) is 16.6. The van der Waals surface area contributed by atoms with Crippen molar-refractivity contribution in [3.63, 3.8) is 0 Å². The zero-order chi connectivity index (χ0) is 19.5. The van der Waals surface area contributed by atoms with Crippen molar-refractivity contribution in [2.75, 3.05) is 7.05 Å². The summed E-state index contributed by atoms with van der Waals surface area (Å²) in [4.78, 5) is 14.6. The molecular weight excluding hydrogens is 422 g/mol. The van der Waals surface area contributed by atoms with E-state index in [1.807, 2.05) is 48.5 Å². The molecule has 0 saturated heterocycles. The SMILES string of the molecule is CN(Cc1ccc(-c2ccc(Br)cc2)o1)C(=O)c1ccccc1-n1cnnn1. The van der Waals surface area contributed by atoms with Crippen LogP contribution in [0.4, 0.5) is 0 Å². The predicted molar refractivity (Wildman–Crippen MR) is 107 cm³/mol. The third-order valence-corrected chi connectivity index (χ3v) is 4.79. The Bertz CT molecular complexity index is 1090. The highest BCUT2D eigenvalue weighted by Crippen LogP contribution is 2.25. The van der Waals surface area contributed by atoms with Gasteiger partial charge in [0.25, 0.3) is 5.91 Å². The number of nitrogens with zero attached hydrogens (tertiary/aromatic N) is 5. The highest BCUT2D eigenvalue weighted by Gasteiger charge is 2.18. The molecule has 4 aromatic rings. The van der Waals surface area contributed by atoms with Crippen LogP contribution in [0.2, 0.25) is 0 Å². The van der Waals surface area contributed by atoms with Gasteiger partial charge in [-0.15, -0.1) is 5.10 Å². The maximum Gasteiger partial charge on any atom is 0.256 e. The maximum atomic E-state index is 13.0. The summed E-state index contributed by atoms with van der Waals surface area (Å²) in [6.07, 6.45) is 1.46. The summed E-state index contributed by atoms with van der Waals surface area (Å²) >= 11 is 3.43. The van der Waals surface area contributed by atoms with Crippen LogP contribution < -0.4 is 0 Å². The summed E-state index contributed by atoms with van der Waals surface area (Å²) < 4.78 is 8.40. The molecule has 7 nitrogen and oxygen atoms in total. The highest BCUT2D eigenvalue weighted by atomic mass is 79.9. The normalized spacial score (nSPS) is 10.8. The number of furan rings is 1. The number of para-hydroxylation sites is 1. The molecule has 0 saturated carbocycles. The van der Waals surface area contributed by atoms with Crippen LogP contribution in [0.3, 0.4) is 0 Å². The highest BCUT2D eigenvalue weighted by molar-refractivity contribution is 9.10. The van der Waals surface area contributed by atoms with E-state index in [0.717, 1.165) is 15.8 Å². The fourth-order valence-corrected chi connectivity index (χ4v) is 3.13. The van der Waals surface area contributed by atoms with Gasteiger partial charge in [0, 0.05) is 17.1 Å². The van der Waals surface area contributed by atoms with E-state index in [1.165, 1.54) is 11.0 Å². The van der Waals surface area contributed by atoms with Crippen molar-refractivity contribution in [1.82, 2.24) is 25.1 Å². The first-order valence-electron chi connectivity index (χ1n) is 8.54. The molecule has 4 rings (SSSR count). The van der Waals surface area contributed by atoms with Gasteiger partial charge in [0.1, 0.15) is 17.8 Å². The number of tetrazole rings is 1. The summed E-state index contributed by atoms with van der Waals surface area (Å²) in [5.74, 6) is 1.32. The van der Waals surface area contributed by atoms with E-state index < -0.39 is 0 Å². The second-order valence-corrected chi connectivity index (χ2v) is 7.12. The molecule has 0 radical (unpaired) electrons. The molecule has 1 amide bonds. The van der Waals surface area contributed by atoms with Gasteiger partial charge >= 0.3 is 0 Å². The molecule has 0 unspecified atom stereocenters. The van der Waals surface area contributed by atoms with Gasteiger partial charge in [0.05, 0.1) is 17.8 Å². The first-order chi connectivity index (χ1) is 13.6. The number of hydrogen-bond acceptors (Lipinski definition) is 5. The fraction of sp³-hybridized carbons (Fsp3) is 0.100. The minimum Gasteiger partial charge on any atom is -0.459 e. The molecule has 140 valence electrons. The van der Waals surface area contributed by atoms with Crippen LogP contribution in [0.1, 0.15) is 16.1 Å². The van der Waals surface area contributed by atoms with Crippen LogP contribution in [0, 0.1) is 0 Å². The molecule has 2 aromatic heterocycles. The van der Waals surface area contributed by atoms with Crippen molar-refractivity contribution < 1.29 is 9.21 Å². The van der Waals surface area contributed by atoms with E-state index in [4.69, 9.17) is 4.42 Å². The van der Waals surface area contributed by atoms with Crippen LogP contribution in [-0.2, 0) is 6.54 Å². The fourth-order valence-electron chi connectivity index (χ4n) is 2.87. The molecule has 0 fully saturated rings. The summed E-state index contributed by atoms with van der Waals surface area (Å²) in [6, 6.07) is 18.9. The Morgan fingerprint density at radius 1 is 1.11 bits per heavy atom. The van der Waals surface area contributed by atoms with Crippen molar-refractivity contribution in [2.45, 2.75) is 6.54 Å². The lowest BCUT2D eigenvalue weighted by molar-refractivity contribution is 0.0775. The van der Waals surface area contributed by atoms with Crippen LogP contribution in [0.5, 0.6) is 0 Å². The summed E-state index contributed by atoms with van der Waals surface area (Å²) in [6.45, 7) is 0.347. The molecule has 0 aliphatic heterocycles. The quantitative estimate of drug-likeness (QED) is 0.472. The number of hydrogen-bond donors (Lipinski definition) is 0. The lowest BCUT2D eigenvalue weighted by atomic mass is 10.1. The lowest BCUT2D eigenvalue weighted by Crippen LogP contribution is -2.27. The van der Waals surface area contributed by atoms with Crippen LogP contribution in [-0.4, -0.2) is 38.1 Å². The van der Waals surface area contributed by atoms with Crippen LogP contribution >= 0.6 is 15.9 Å². The van der Waals surface area contributed by atoms with Crippen molar-refractivity contribution in [2.24, 2.45) is 0 Å². The Labute approximate surface area is 169 Å². The number of benzene rings is 2. The molecule has 0 atom stereocenters. The van der Waals surface area contributed by atoms with E-state index >= 15 is 0 Å². The Kier molecular flexibility index (Phi) is 5.03. The molecule has 8 heteroatoms. The van der Waals surface area contributed by atoms with E-state index in [-0.39, 0.29) is 5.91 Å². The minimum absolute atomic E-state index is 0.146. The summed E-state index contributed by atoms with van der Waals surface area (Å²) in [5.41, 5.74) is 2.11. The monoisotopic (exact) mass is 437 g/mol. The van der Waals surface area contributed by atoms with Crippen molar-refractivity contribution in [3.05, 3.63) is 82.8 Å². The predicted octanol–water partition coefficient (Wildman–Crippen LogP) is 3.96. The Morgan fingerprint density at radius 3 is 2.64 bits per heavy atom. The number of carbonyl (C=O) groups is 1. The number of amides is 1.